The largest absolute Gasteiger partial charge is 0.479 e. The first-order valence-corrected chi connectivity index (χ1v) is 3.22. The number of aliphatic carboxylic acids is 1. The second kappa shape index (κ2) is 2.98. The predicted octanol–water partition coefficient (Wildman–Crippen LogP) is -0.389. The van der Waals surface area contributed by atoms with Gasteiger partial charge >= 0.3 is 5.97 Å². The van der Waals surface area contributed by atoms with Gasteiger partial charge in [0.2, 0.25) is 0 Å². The summed E-state index contributed by atoms with van der Waals surface area (Å²) >= 11 is 0. The lowest BCUT2D eigenvalue weighted by Gasteiger charge is -2.22. The molecule has 0 bridgehead atoms. The van der Waals surface area contributed by atoms with Gasteiger partial charge in [0.25, 0.3) is 0 Å². The van der Waals surface area contributed by atoms with Gasteiger partial charge in [-0.1, -0.05) is 0 Å². The number of carboxylic acids is 1. The van der Waals surface area contributed by atoms with E-state index < -0.39 is 18.2 Å². The molecule has 2 N–H and O–H groups in total. The maximum absolute atomic E-state index is 10.3. The van der Waals surface area contributed by atoms with Gasteiger partial charge in [0, 0.05) is 0 Å². The molecule has 0 aliphatic carbocycles. The summed E-state index contributed by atoms with van der Waals surface area (Å²) in [6.07, 6.45) is -0.244. The molecule has 1 heterocycles. The molecule has 0 saturated carbocycles. The highest BCUT2D eigenvalue weighted by Crippen LogP contribution is 2.12. The third-order valence-electron chi connectivity index (χ3n) is 1.53. The number of carboxylic acid groups (broad SMARTS) is 1. The van der Waals surface area contributed by atoms with Gasteiger partial charge in [0.1, 0.15) is 0 Å². The summed E-state index contributed by atoms with van der Waals surface area (Å²) in [4.78, 5) is 10.3. The topological polar surface area (TPSA) is 66.8 Å². The van der Waals surface area contributed by atoms with Gasteiger partial charge in [0.15, 0.2) is 6.10 Å². The molecule has 0 aromatic heterocycles. The summed E-state index contributed by atoms with van der Waals surface area (Å²) in [5.74, 6) is -0.938. The van der Waals surface area contributed by atoms with Crippen LogP contribution in [0.5, 0.6) is 0 Å². The molecule has 1 saturated heterocycles. The second-order valence-corrected chi connectivity index (χ2v) is 2.39. The lowest BCUT2D eigenvalue weighted by atomic mass is 10.1. The molecule has 0 amide bonds. The molecule has 1 fully saturated rings. The van der Waals surface area contributed by atoms with Gasteiger partial charge in [0.05, 0.1) is 12.7 Å². The van der Waals surface area contributed by atoms with Crippen LogP contribution in [-0.4, -0.2) is 35.0 Å². The van der Waals surface area contributed by atoms with E-state index in [-0.39, 0.29) is 6.61 Å². The molecule has 4 heteroatoms. The number of hydrogen-bond donors (Lipinski definition) is 2. The fourth-order valence-corrected chi connectivity index (χ4v) is 0.932. The molecule has 58 valence electrons. The number of carbonyl (C=O) groups is 1. The maximum atomic E-state index is 10.3. The fraction of sp³-hybridized carbons (Fsp3) is 0.833. The Morgan fingerprint density at radius 2 is 2.20 bits per heavy atom. The van der Waals surface area contributed by atoms with E-state index in [1.165, 1.54) is 0 Å². The molecule has 0 aromatic carbocycles. The van der Waals surface area contributed by atoms with Crippen LogP contribution >= 0.6 is 0 Å². The van der Waals surface area contributed by atoms with Gasteiger partial charge in [-0.25, -0.2) is 4.79 Å². The zero-order valence-corrected chi connectivity index (χ0v) is 5.49. The zero-order valence-electron chi connectivity index (χ0n) is 5.49. The molecule has 1 aliphatic rings. The summed E-state index contributed by atoms with van der Waals surface area (Å²) in [7, 11) is 0. The number of hydrogen-bond acceptors (Lipinski definition) is 3. The van der Waals surface area contributed by atoms with Gasteiger partial charge in [-0.05, 0) is 12.8 Å². The van der Waals surface area contributed by atoms with Crippen molar-refractivity contribution in [2.24, 2.45) is 0 Å². The van der Waals surface area contributed by atoms with Crippen molar-refractivity contribution in [2.45, 2.75) is 25.0 Å². The lowest BCUT2D eigenvalue weighted by molar-refractivity contribution is -0.157. The van der Waals surface area contributed by atoms with Crippen LogP contribution < -0.4 is 0 Å². The maximum Gasteiger partial charge on any atom is 0.332 e. The van der Waals surface area contributed by atoms with Crippen LogP contribution in [0.2, 0.25) is 0 Å². The van der Waals surface area contributed by atoms with Crippen LogP contribution in [0.3, 0.4) is 0 Å². The molecule has 0 spiro atoms. The minimum absolute atomic E-state index is 0.150. The molecule has 0 unspecified atom stereocenters. The second-order valence-electron chi connectivity index (χ2n) is 2.39. The Hall–Kier alpha value is -0.610. The minimum Gasteiger partial charge on any atom is -0.479 e. The summed E-state index contributed by atoms with van der Waals surface area (Å²) in [5, 5.41) is 17.3. The molecule has 1 aliphatic heterocycles. The minimum atomic E-state index is -0.938. The van der Waals surface area contributed by atoms with Crippen LogP contribution in [0.1, 0.15) is 12.8 Å². The third kappa shape index (κ3) is 1.68. The van der Waals surface area contributed by atoms with E-state index in [4.69, 9.17) is 14.9 Å². The molecular formula is C6H10O4. The SMILES string of the molecule is O=C(O)[C@@H]1CC[C@H](O)CO1. The Bertz CT molecular complexity index is 126. The number of aliphatic hydroxyl groups is 1. The Balaban J connectivity index is 2.33. The van der Waals surface area contributed by atoms with Crippen molar-refractivity contribution < 1.29 is 19.7 Å². The Morgan fingerprint density at radius 3 is 2.60 bits per heavy atom. The van der Waals surface area contributed by atoms with Gasteiger partial charge in [-0.2, -0.15) is 0 Å². The Labute approximate surface area is 58.4 Å². The third-order valence-corrected chi connectivity index (χ3v) is 1.53. The fourth-order valence-electron chi connectivity index (χ4n) is 0.932. The number of rotatable bonds is 1. The van der Waals surface area contributed by atoms with Gasteiger partial charge in [-0.3, -0.25) is 0 Å². The van der Waals surface area contributed by atoms with Crippen molar-refractivity contribution in [3.05, 3.63) is 0 Å². The highest BCUT2D eigenvalue weighted by molar-refractivity contribution is 5.72. The highest BCUT2D eigenvalue weighted by Gasteiger charge is 2.24. The van der Waals surface area contributed by atoms with E-state index >= 15 is 0 Å². The number of aliphatic hydroxyl groups excluding tert-OH is 1. The van der Waals surface area contributed by atoms with Crippen molar-refractivity contribution >= 4 is 5.97 Å². The van der Waals surface area contributed by atoms with Crippen LogP contribution in [0.15, 0.2) is 0 Å². The number of ether oxygens (including phenoxy) is 1. The Kier molecular flexibility index (Phi) is 2.24. The normalized spacial score (nSPS) is 33.7. The van der Waals surface area contributed by atoms with Crippen molar-refractivity contribution in [2.75, 3.05) is 6.61 Å². The highest BCUT2D eigenvalue weighted by atomic mass is 16.5. The quantitative estimate of drug-likeness (QED) is 0.528. The molecule has 0 aromatic rings. The van der Waals surface area contributed by atoms with E-state index in [1.807, 2.05) is 0 Å². The average molecular weight is 146 g/mol. The monoisotopic (exact) mass is 146 g/mol. The predicted molar refractivity (Wildman–Crippen MR) is 32.6 cm³/mol. The van der Waals surface area contributed by atoms with E-state index in [1.54, 1.807) is 0 Å². The van der Waals surface area contributed by atoms with Crippen LogP contribution in [-0.2, 0) is 9.53 Å². The first kappa shape index (κ1) is 7.50. The van der Waals surface area contributed by atoms with Gasteiger partial charge < -0.3 is 14.9 Å². The summed E-state index contributed by atoms with van der Waals surface area (Å²) in [5.41, 5.74) is 0. The summed E-state index contributed by atoms with van der Waals surface area (Å²) in [6.45, 7) is 0.150. The average Bonchev–Trinajstić information content (AvgIpc) is 1.88. The molecule has 10 heavy (non-hydrogen) atoms. The van der Waals surface area contributed by atoms with E-state index in [2.05, 4.69) is 0 Å². The van der Waals surface area contributed by atoms with Gasteiger partial charge in [-0.15, -0.1) is 0 Å². The van der Waals surface area contributed by atoms with Crippen LogP contribution in [0.25, 0.3) is 0 Å². The van der Waals surface area contributed by atoms with Crippen molar-refractivity contribution in [1.29, 1.82) is 0 Å². The van der Waals surface area contributed by atoms with Crippen molar-refractivity contribution in [3.8, 4) is 0 Å². The van der Waals surface area contributed by atoms with Crippen LogP contribution in [0, 0.1) is 0 Å². The van der Waals surface area contributed by atoms with Crippen molar-refractivity contribution in [1.82, 2.24) is 0 Å². The molecular weight excluding hydrogens is 136 g/mol. The molecule has 1 rings (SSSR count). The molecule has 2 atom stereocenters. The van der Waals surface area contributed by atoms with E-state index in [9.17, 15) is 4.79 Å². The standard InChI is InChI=1S/C6H10O4/c7-4-1-2-5(6(8)9)10-3-4/h4-5,7H,1-3H2,(H,8,9)/t4-,5-/m0/s1. The first-order valence-electron chi connectivity index (χ1n) is 3.22. The first-order chi connectivity index (χ1) is 4.70. The zero-order chi connectivity index (χ0) is 7.56. The smallest absolute Gasteiger partial charge is 0.332 e. The lowest BCUT2D eigenvalue weighted by Crippen LogP contribution is -2.34. The van der Waals surface area contributed by atoms with E-state index in [0.29, 0.717) is 12.8 Å². The Morgan fingerprint density at radius 1 is 1.50 bits per heavy atom. The van der Waals surface area contributed by atoms with Crippen molar-refractivity contribution in [3.63, 3.8) is 0 Å². The molecule has 0 radical (unpaired) electrons. The molecule has 4 nitrogen and oxygen atoms in total. The van der Waals surface area contributed by atoms with E-state index in [0.717, 1.165) is 0 Å². The van der Waals surface area contributed by atoms with Crippen LogP contribution in [0.4, 0.5) is 0 Å². The summed E-state index contributed by atoms with van der Waals surface area (Å²) < 4.78 is 4.80. The summed E-state index contributed by atoms with van der Waals surface area (Å²) in [6, 6.07) is 0.